The van der Waals surface area contributed by atoms with Gasteiger partial charge in [-0.15, -0.1) is 0 Å². The predicted molar refractivity (Wildman–Crippen MR) is 51.8 cm³/mol. The van der Waals surface area contributed by atoms with Crippen LogP contribution in [-0.4, -0.2) is 21.2 Å². The van der Waals surface area contributed by atoms with Gasteiger partial charge in [0.25, 0.3) is 0 Å². The summed E-state index contributed by atoms with van der Waals surface area (Å²) in [5.41, 5.74) is 1.09. The number of aromatic hydroxyl groups is 1. The first-order valence-corrected chi connectivity index (χ1v) is 4.37. The number of carboxylic acid groups (broad SMARTS) is 1. The van der Waals surface area contributed by atoms with Crippen LogP contribution in [0.3, 0.4) is 0 Å². The summed E-state index contributed by atoms with van der Waals surface area (Å²) in [6.07, 6.45) is -0.235. The summed E-state index contributed by atoms with van der Waals surface area (Å²) in [6, 6.07) is 3.16. The maximum absolute atomic E-state index is 10.5. The molecule has 1 heterocycles. The van der Waals surface area contributed by atoms with Crippen LogP contribution in [0.1, 0.15) is 11.5 Å². The molecule has 0 saturated carbocycles. The molecular formula is C10H9NO4. The maximum atomic E-state index is 10.5. The van der Waals surface area contributed by atoms with E-state index in [0.29, 0.717) is 17.0 Å². The summed E-state index contributed by atoms with van der Waals surface area (Å²) in [6.45, 7) is 1.66. The number of hydrogen-bond acceptors (Lipinski definition) is 4. The fourth-order valence-electron chi connectivity index (χ4n) is 1.44. The Hall–Kier alpha value is -2.04. The normalized spacial score (nSPS) is 10.7. The lowest BCUT2D eigenvalue weighted by Crippen LogP contribution is -2.00. The number of aromatic nitrogens is 1. The number of carboxylic acids is 1. The van der Waals surface area contributed by atoms with Crippen molar-refractivity contribution in [2.75, 3.05) is 0 Å². The minimum absolute atomic E-state index is 0.143. The smallest absolute Gasteiger partial charge is 0.307 e. The summed E-state index contributed by atoms with van der Waals surface area (Å²) in [5.74, 6) is -0.704. The largest absolute Gasteiger partial charge is 0.504 e. The standard InChI is InChI=1S/C10H9NO4/c1-5-11-7-3-2-6(4-8(12)13)9(14)10(7)15-5/h2-3,14H,4H2,1H3,(H,12,13). The molecule has 0 radical (unpaired) electrons. The van der Waals surface area contributed by atoms with E-state index in [0.717, 1.165) is 0 Å². The monoisotopic (exact) mass is 207 g/mol. The van der Waals surface area contributed by atoms with Crippen LogP contribution < -0.4 is 0 Å². The van der Waals surface area contributed by atoms with Crippen LogP contribution >= 0.6 is 0 Å². The molecule has 0 fully saturated rings. The number of phenolic OH excluding ortho intramolecular Hbond substituents is 1. The highest BCUT2D eigenvalue weighted by Gasteiger charge is 2.13. The van der Waals surface area contributed by atoms with Crippen molar-refractivity contribution in [3.63, 3.8) is 0 Å². The van der Waals surface area contributed by atoms with Gasteiger partial charge in [-0.3, -0.25) is 4.79 Å². The van der Waals surface area contributed by atoms with E-state index >= 15 is 0 Å². The molecule has 1 aromatic carbocycles. The molecule has 5 nitrogen and oxygen atoms in total. The number of fused-ring (bicyclic) bond motifs is 1. The van der Waals surface area contributed by atoms with E-state index in [1.807, 2.05) is 0 Å². The van der Waals surface area contributed by atoms with E-state index in [2.05, 4.69) is 4.98 Å². The van der Waals surface area contributed by atoms with Gasteiger partial charge in [0, 0.05) is 12.5 Å². The number of benzene rings is 1. The van der Waals surface area contributed by atoms with Gasteiger partial charge in [-0.05, 0) is 6.07 Å². The second-order valence-electron chi connectivity index (χ2n) is 3.22. The Morgan fingerprint density at radius 1 is 1.53 bits per heavy atom. The molecule has 0 aliphatic rings. The van der Waals surface area contributed by atoms with Crippen molar-refractivity contribution in [2.24, 2.45) is 0 Å². The van der Waals surface area contributed by atoms with Gasteiger partial charge < -0.3 is 14.6 Å². The zero-order chi connectivity index (χ0) is 11.0. The minimum atomic E-state index is -0.999. The Bertz CT molecular complexity index is 529. The molecule has 1 aromatic heterocycles. The van der Waals surface area contributed by atoms with Gasteiger partial charge in [0.2, 0.25) is 0 Å². The average molecular weight is 207 g/mol. The third-order valence-electron chi connectivity index (χ3n) is 2.06. The van der Waals surface area contributed by atoms with Crippen LogP contribution in [0.15, 0.2) is 16.5 Å². The Kier molecular flexibility index (Phi) is 2.07. The van der Waals surface area contributed by atoms with E-state index in [1.54, 1.807) is 13.0 Å². The Labute approximate surface area is 85.0 Å². The molecule has 15 heavy (non-hydrogen) atoms. The summed E-state index contributed by atoms with van der Waals surface area (Å²) >= 11 is 0. The van der Waals surface area contributed by atoms with Gasteiger partial charge in [-0.25, -0.2) is 4.98 Å². The lowest BCUT2D eigenvalue weighted by molar-refractivity contribution is -0.136. The van der Waals surface area contributed by atoms with Gasteiger partial charge in [0.1, 0.15) is 5.52 Å². The van der Waals surface area contributed by atoms with Crippen molar-refractivity contribution in [2.45, 2.75) is 13.3 Å². The van der Waals surface area contributed by atoms with Crippen LogP contribution in [-0.2, 0) is 11.2 Å². The van der Waals surface area contributed by atoms with Gasteiger partial charge in [-0.2, -0.15) is 0 Å². The molecule has 2 rings (SSSR count). The highest BCUT2D eigenvalue weighted by atomic mass is 16.4. The van der Waals surface area contributed by atoms with Crippen molar-refractivity contribution in [3.05, 3.63) is 23.6 Å². The Morgan fingerprint density at radius 2 is 2.27 bits per heavy atom. The van der Waals surface area contributed by atoms with Crippen LogP contribution in [0.4, 0.5) is 0 Å². The van der Waals surface area contributed by atoms with Crippen LogP contribution in [0.2, 0.25) is 0 Å². The number of nitrogens with zero attached hydrogens (tertiary/aromatic N) is 1. The molecule has 0 amide bonds. The molecule has 78 valence electrons. The molecule has 2 aromatic rings. The topological polar surface area (TPSA) is 83.6 Å². The highest BCUT2D eigenvalue weighted by Crippen LogP contribution is 2.29. The molecule has 2 N–H and O–H groups in total. The SMILES string of the molecule is Cc1nc2ccc(CC(=O)O)c(O)c2o1. The predicted octanol–water partition coefficient (Wildman–Crippen LogP) is 1.47. The second-order valence-corrected chi connectivity index (χ2v) is 3.22. The first-order chi connectivity index (χ1) is 7.08. The van der Waals surface area contributed by atoms with Gasteiger partial charge in [-0.1, -0.05) is 6.07 Å². The summed E-state index contributed by atoms with van der Waals surface area (Å²) in [5, 5.41) is 18.3. The average Bonchev–Trinajstić information content (AvgIpc) is 2.51. The van der Waals surface area contributed by atoms with Gasteiger partial charge >= 0.3 is 5.97 Å². The number of aryl methyl sites for hydroxylation is 1. The van der Waals surface area contributed by atoms with Crippen molar-refractivity contribution >= 4 is 17.1 Å². The third kappa shape index (κ3) is 1.63. The number of hydrogen-bond donors (Lipinski definition) is 2. The minimum Gasteiger partial charge on any atom is -0.504 e. The highest BCUT2D eigenvalue weighted by molar-refractivity contribution is 5.83. The zero-order valence-electron chi connectivity index (χ0n) is 8.02. The molecule has 0 saturated heterocycles. The fourth-order valence-corrected chi connectivity index (χ4v) is 1.44. The van der Waals surface area contributed by atoms with Crippen molar-refractivity contribution in [1.29, 1.82) is 0 Å². The van der Waals surface area contributed by atoms with E-state index in [9.17, 15) is 9.90 Å². The molecule has 5 heteroatoms. The number of phenols is 1. The summed E-state index contributed by atoms with van der Waals surface area (Å²) < 4.78 is 5.17. The quantitative estimate of drug-likeness (QED) is 0.778. The molecule has 0 aliphatic heterocycles. The van der Waals surface area contributed by atoms with Crippen molar-refractivity contribution in [1.82, 2.24) is 4.98 Å². The van der Waals surface area contributed by atoms with Gasteiger partial charge in [0.05, 0.1) is 6.42 Å². The first kappa shape index (κ1) is 9.51. The van der Waals surface area contributed by atoms with Crippen LogP contribution in [0.5, 0.6) is 5.75 Å². The number of carbonyl (C=O) groups is 1. The van der Waals surface area contributed by atoms with E-state index in [-0.39, 0.29) is 17.8 Å². The second kappa shape index (κ2) is 3.27. The fraction of sp³-hybridized carbons (Fsp3) is 0.200. The molecule has 0 aliphatic carbocycles. The van der Waals surface area contributed by atoms with Crippen molar-refractivity contribution < 1.29 is 19.4 Å². The molecular weight excluding hydrogens is 198 g/mol. The molecule has 0 atom stereocenters. The summed E-state index contributed by atoms with van der Waals surface area (Å²) in [7, 11) is 0. The number of rotatable bonds is 2. The molecule has 0 bridgehead atoms. The zero-order valence-corrected chi connectivity index (χ0v) is 8.02. The number of aliphatic carboxylic acids is 1. The first-order valence-electron chi connectivity index (χ1n) is 4.37. The lowest BCUT2D eigenvalue weighted by atomic mass is 10.1. The van der Waals surface area contributed by atoms with Crippen LogP contribution in [0.25, 0.3) is 11.1 Å². The Morgan fingerprint density at radius 3 is 2.93 bits per heavy atom. The maximum Gasteiger partial charge on any atom is 0.307 e. The van der Waals surface area contributed by atoms with E-state index in [1.165, 1.54) is 6.07 Å². The molecule has 0 spiro atoms. The van der Waals surface area contributed by atoms with Crippen molar-refractivity contribution in [3.8, 4) is 5.75 Å². The third-order valence-corrected chi connectivity index (χ3v) is 2.06. The van der Waals surface area contributed by atoms with E-state index < -0.39 is 5.97 Å². The number of oxazole rings is 1. The van der Waals surface area contributed by atoms with E-state index in [4.69, 9.17) is 9.52 Å². The lowest BCUT2D eigenvalue weighted by Gasteiger charge is -2.00. The van der Waals surface area contributed by atoms with Crippen LogP contribution in [0, 0.1) is 6.92 Å². The Balaban J connectivity index is 2.58. The molecule has 0 unspecified atom stereocenters. The summed E-state index contributed by atoms with van der Waals surface area (Å²) in [4.78, 5) is 14.5. The van der Waals surface area contributed by atoms with Gasteiger partial charge in [0.15, 0.2) is 17.2 Å².